The van der Waals surface area contributed by atoms with Crippen molar-refractivity contribution in [1.82, 2.24) is 9.55 Å². The van der Waals surface area contributed by atoms with E-state index < -0.39 is 13.6 Å². The molecule has 0 aromatic carbocycles. The van der Waals surface area contributed by atoms with Crippen molar-refractivity contribution in [3.8, 4) is 0 Å². The Morgan fingerprint density at radius 2 is 2.00 bits per heavy atom. The first-order valence-electron chi connectivity index (χ1n) is 10.2. The summed E-state index contributed by atoms with van der Waals surface area (Å²) in [5.74, 6) is 1.10. The van der Waals surface area contributed by atoms with E-state index >= 15 is 0 Å². The SMILES string of the molecule is CCC(C)[PH](=O)OC(C)(CC)C[C@H]1CC(n2ccc(=O)[nH]c2=O)[C@H](C)[C@@H]1C. The molecule has 1 aliphatic carbocycles. The Morgan fingerprint density at radius 3 is 2.56 bits per heavy atom. The lowest BCUT2D eigenvalue weighted by Crippen LogP contribution is -2.32. The van der Waals surface area contributed by atoms with Crippen molar-refractivity contribution < 1.29 is 9.09 Å². The second-order valence-corrected chi connectivity index (χ2v) is 10.4. The van der Waals surface area contributed by atoms with E-state index in [1.807, 2.05) is 13.8 Å². The maximum atomic E-state index is 12.5. The number of hydrogen-bond acceptors (Lipinski definition) is 4. The molecular weight excluding hydrogens is 363 g/mol. The van der Waals surface area contributed by atoms with Gasteiger partial charge >= 0.3 is 5.69 Å². The fraction of sp³-hybridized carbons (Fsp3) is 0.800. The highest BCUT2D eigenvalue weighted by atomic mass is 31.1. The molecule has 2 rings (SSSR count). The van der Waals surface area contributed by atoms with Crippen LogP contribution in [0.3, 0.4) is 0 Å². The summed E-state index contributed by atoms with van der Waals surface area (Å²) in [7, 11) is -2.08. The topological polar surface area (TPSA) is 81.2 Å². The third-order valence-corrected chi connectivity index (χ3v) is 8.64. The smallest absolute Gasteiger partial charge is 0.324 e. The summed E-state index contributed by atoms with van der Waals surface area (Å²) < 4.78 is 20.3. The lowest BCUT2D eigenvalue weighted by Gasteiger charge is -2.33. The Labute approximate surface area is 162 Å². The van der Waals surface area contributed by atoms with Gasteiger partial charge in [0.25, 0.3) is 5.56 Å². The standard InChI is InChI=1S/C20H35N2O4P/c1-7-13(3)27(25)26-20(6,8-2)12-16-11-17(15(5)14(16)4)22-10-9-18(23)21-19(22)24/h9-10,13-17,27H,7-8,11-12H2,1-6H3,(H,21,23,24)/t13?,14-,15+,16+,17?,20?/m0/s1. The first-order valence-corrected chi connectivity index (χ1v) is 11.6. The van der Waals surface area contributed by atoms with Gasteiger partial charge in [0, 0.05) is 24.0 Å². The number of hydrogen-bond donors (Lipinski definition) is 1. The van der Waals surface area contributed by atoms with Gasteiger partial charge in [-0.15, -0.1) is 0 Å². The zero-order valence-electron chi connectivity index (χ0n) is 17.5. The Balaban J connectivity index is 2.17. The zero-order chi connectivity index (χ0) is 20.4. The molecular formula is C20H35N2O4P. The molecule has 154 valence electrons. The number of H-pyrrole nitrogens is 1. The molecule has 0 amide bonds. The monoisotopic (exact) mass is 398 g/mol. The molecule has 1 aromatic heterocycles. The quantitative estimate of drug-likeness (QED) is 0.665. The normalized spacial score (nSPS) is 30.0. The van der Waals surface area contributed by atoms with Gasteiger partial charge in [0.1, 0.15) is 0 Å². The van der Waals surface area contributed by atoms with Crippen molar-refractivity contribution in [1.29, 1.82) is 0 Å². The molecule has 0 radical (unpaired) electrons. The largest absolute Gasteiger partial charge is 0.328 e. The number of aromatic amines is 1. The third kappa shape index (κ3) is 5.03. The maximum absolute atomic E-state index is 12.5. The Morgan fingerprint density at radius 1 is 1.33 bits per heavy atom. The van der Waals surface area contributed by atoms with Gasteiger partial charge in [0.15, 0.2) is 8.03 Å². The van der Waals surface area contributed by atoms with Crippen LogP contribution in [0.25, 0.3) is 0 Å². The summed E-state index contributed by atoms with van der Waals surface area (Å²) in [4.78, 5) is 26.0. The number of aromatic nitrogens is 2. The third-order valence-electron chi connectivity index (χ3n) is 6.74. The minimum atomic E-state index is -2.08. The fourth-order valence-corrected chi connectivity index (χ4v) is 5.41. The van der Waals surface area contributed by atoms with E-state index in [1.54, 1.807) is 10.8 Å². The van der Waals surface area contributed by atoms with Crippen molar-refractivity contribution in [3.05, 3.63) is 33.1 Å². The van der Waals surface area contributed by atoms with E-state index in [1.165, 1.54) is 6.07 Å². The van der Waals surface area contributed by atoms with E-state index in [-0.39, 0.29) is 22.9 Å². The second kappa shape index (κ2) is 8.91. The van der Waals surface area contributed by atoms with Crippen molar-refractivity contribution >= 4 is 8.03 Å². The molecule has 1 aromatic rings. The Bertz CT molecular complexity index is 774. The molecule has 0 spiro atoms. The van der Waals surface area contributed by atoms with E-state index in [0.717, 1.165) is 25.7 Å². The highest BCUT2D eigenvalue weighted by Gasteiger charge is 2.42. The van der Waals surface area contributed by atoms with E-state index in [9.17, 15) is 14.2 Å². The van der Waals surface area contributed by atoms with Gasteiger partial charge in [-0.05, 0) is 50.4 Å². The molecule has 6 nitrogen and oxygen atoms in total. The lowest BCUT2D eigenvalue weighted by molar-refractivity contribution is 0.0562. The predicted octanol–water partition coefficient (Wildman–Crippen LogP) is 4.22. The van der Waals surface area contributed by atoms with Crippen molar-refractivity contribution in [2.24, 2.45) is 17.8 Å². The molecule has 7 atom stereocenters. The van der Waals surface area contributed by atoms with Crippen LogP contribution in [0.2, 0.25) is 0 Å². The van der Waals surface area contributed by atoms with Gasteiger partial charge in [-0.1, -0.05) is 34.6 Å². The molecule has 0 saturated heterocycles. The van der Waals surface area contributed by atoms with E-state index in [0.29, 0.717) is 17.8 Å². The average molecular weight is 398 g/mol. The van der Waals surface area contributed by atoms with Crippen molar-refractivity contribution in [2.45, 2.75) is 84.5 Å². The van der Waals surface area contributed by atoms with Crippen LogP contribution in [0.15, 0.2) is 21.9 Å². The number of nitrogens with one attached hydrogen (secondary N) is 1. The molecule has 7 heteroatoms. The molecule has 1 heterocycles. The van der Waals surface area contributed by atoms with Crippen LogP contribution in [-0.2, 0) is 9.09 Å². The highest BCUT2D eigenvalue weighted by molar-refractivity contribution is 7.40. The van der Waals surface area contributed by atoms with Crippen LogP contribution >= 0.6 is 8.03 Å². The van der Waals surface area contributed by atoms with Gasteiger partial charge in [-0.2, -0.15) is 0 Å². The second-order valence-electron chi connectivity index (χ2n) is 8.54. The molecule has 1 fully saturated rings. The minimum absolute atomic E-state index is 0.0575. The summed E-state index contributed by atoms with van der Waals surface area (Å²) in [6.07, 6.45) is 4.95. The summed E-state index contributed by atoms with van der Waals surface area (Å²) in [5, 5.41) is 0. The molecule has 4 unspecified atom stereocenters. The van der Waals surface area contributed by atoms with Crippen LogP contribution < -0.4 is 11.2 Å². The molecule has 1 N–H and O–H groups in total. The number of nitrogens with zero attached hydrogens (tertiary/aromatic N) is 1. The number of rotatable bonds is 8. The first-order chi connectivity index (χ1) is 12.6. The summed E-state index contributed by atoms with van der Waals surface area (Å²) in [6.45, 7) is 12.6. The lowest BCUT2D eigenvalue weighted by atomic mass is 9.83. The Kier molecular flexibility index (Phi) is 7.32. The minimum Gasteiger partial charge on any atom is -0.324 e. The van der Waals surface area contributed by atoms with Crippen LogP contribution in [0.5, 0.6) is 0 Å². The van der Waals surface area contributed by atoms with Gasteiger partial charge < -0.3 is 4.52 Å². The Hall–Kier alpha value is -1.13. The molecule has 1 aliphatic rings. The average Bonchev–Trinajstić information content (AvgIpc) is 2.89. The van der Waals surface area contributed by atoms with Crippen LogP contribution in [-0.4, -0.2) is 20.8 Å². The van der Waals surface area contributed by atoms with E-state index in [4.69, 9.17) is 4.52 Å². The summed E-state index contributed by atoms with van der Waals surface area (Å²) in [6, 6.07) is 1.46. The van der Waals surface area contributed by atoms with Gasteiger partial charge in [0.05, 0.1) is 5.60 Å². The van der Waals surface area contributed by atoms with Gasteiger partial charge in [-0.3, -0.25) is 18.9 Å². The summed E-state index contributed by atoms with van der Waals surface area (Å²) >= 11 is 0. The zero-order valence-corrected chi connectivity index (χ0v) is 18.5. The van der Waals surface area contributed by atoms with E-state index in [2.05, 4.69) is 32.7 Å². The van der Waals surface area contributed by atoms with Crippen LogP contribution in [0.1, 0.15) is 73.3 Å². The highest BCUT2D eigenvalue weighted by Crippen LogP contribution is 2.49. The fourth-order valence-electron chi connectivity index (χ4n) is 4.17. The summed E-state index contributed by atoms with van der Waals surface area (Å²) in [5.41, 5.74) is -1.03. The van der Waals surface area contributed by atoms with Crippen LogP contribution in [0, 0.1) is 17.8 Å². The van der Waals surface area contributed by atoms with Crippen molar-refractivity contribution in [3.63, 3.8) is 0 Å². The molecule has 27 heavy (non-hydrogen) atoms. The predicted molar refractivity (Wildman–Crippen MR) is 110 cm³/mol. The van der Waals surface area contributed by atoms with Crippen LogP contribution in [0.4, 0.5) is 0 Å². The molecule has 1 saturated carbocycles. The van der Waals surface area contributed by atoms with Gasteiger partial charge in [-0.25, -0.2) is 4.79 Å². The molecule has 0 aliphatic heterocycles. The molecule has 0 bridgehead atoms. The maximum Gasteiger partial charge on any atom is 0.328 e. The van der Waals surface area contributed by atoms with Crippen molar-refractivity contribution in [2.75, 3.05) is 0 Å². The van der Waals surface area contributed by atoms with Gasteiger partial charge in [0.2, 0.25) is 0 Å². The first kappa shape index (κ1) is 22.2.